The average Bonchev–Trinajstić information content (AvgIpc) is 3.32. The Kier molecular flexibility index (Phi) is 6.70. The first-order valence-electron chi connectivity index (χ1n) is 11.0. The van der Waals surface area contributed by atoms with Crippen LogP contribution < -0.4 is 10.1 Å². The second-order valence-corrected chi connectivity index (χ2v) is 8.85. The largest absolute Gasteiger partial charge is 0.487 e. The van der Waals surface area contributed by atoms with Crippen LogP contribution in [-0.4, -0.2) is 15.7 Å². The summed E-state index contributed by atoms with van der Waals surface area (Å²) in [6, 6.07) is 27.0. The number of hydrogen-bond donors (Lipinski definition) is 1. The van der Waals surface area contributed by atoms with Crippen LogP contribution in [0.3, 0.4) is 0 Å². The molecule has 0 spiro atoms. The summed E-state index contributed by atoms with van der Waals surface area (Å²) in [4.78, 5) is 12.9. The maximum atomic E-state index is 12.9. The topological polar surface area (TPSA) is 56.2 Å². The number of nitrogens with zero attached hydrogens (tertiary/aromatic N) is 2. The molecule has 1 heterocycles. The molecule has 7 heteroatoms. The van der Waals surface area contributed by atoms with E-state index in [2.05, 4.69) is 34.7 Å². The maximum absolute atomic E-state index is 12.9. The predicted octanol–water partition coefficient (Wildman–Crippen LogP) is 7.22. The SMILES string of the molecule is O=C(Nc1cnn(Cc2cccc3ccccc23)c1)c1cccc(COc2cccc(Cl)c2Cl)c1. The van der Waals surface area contributed by atoms with Crippen LogP contribution in [0.25, 0.3) is 10.8 Å². The number of aromatic nitrogens is 2. The molecule has 5 aromatic rings. The van der Waals surface area contributed by atoms with E-state index in [0.29, 0.717) is 33.6 Å². The fraction of sp³-hybridized carbons (Fsp3) is 0.0714. The highest BCUT2D eigenvalue weighted by molar-refractivity contribution is 6.42. The van der Waals surface area contributed by atoms with Crippen LogP contribution in [0.5, 0.6) is 5.75 Å². The summed E-state index contributed by atoms with van der Waals surface area (Å²) in [5, 5.41) is 10.5. The lowest BCUT2D eigenvalue weighted by atomic mass is 10.0. The standard InChI is InChI=1S/C28H21Cl2N3O2/c29-25-12-5-13-26(27(25)30)35-18-19-6-3-9-21(14-19)28(34)32-23-15-31-33(17-23)16-22-10-4-8-20-7-1-2-11-24(20)22/h1-15,17H,16,18H2,(H,32,34). The zero-order valence-corrected chi connectivity index (χ0v) is 20.1. The highest BCUT2D eigenvalue weighted by Gasteiger charge is 2.11. The van der Waals surface area contributed by atoms with Crippen LogP contribution in [0.4, 0.5) is 5.69 Å². The first-order chi connectivity index (χ1) is 17.1. The number of hydrogen-bond acceptors (Lipinski definition) is 3. The van der Waals surface area contributed by atoms with Crippen molar-refractivity contribution in [2.24, 2.45) is 0 Å². The third-order valence-electron chi connectivity index (χ3n) is 5.60. The molecule has 0 aliphatic carbocycles. The minimum atomic E-state index is -0.225. The van der Waals surface area contributed by atoms with Crippen LogP contribution in [0, 0.1) is 0 Å². The van der Waals surface area contributed by atoms with Crippen LogP contribution in [-0.2, 0) is 13.2 Å². The van der Waals surface area contributed by atoms with E-state index in [-0.39, 0.29) is 12.5 Å². The zero-order valence-electron chi connectivity index (χ0n) is 18.6. The highest BCUT2D eigenvalue weighted by Crippen LogP contribution is 2.32. The number of fused-ring (bicyclic) bond motifs is 1. The number of nitrogens with one attached hydrogen (secondary N) is 1. The third-order valence-corrected chi connectivity index (χ3v) is 6.40. The lowest BCUT2D eigenvalue weighted by molar-refractivity contribution is 0.102. The van der Waals surface area contributed by atoms with Crippen molar-refractivity contribution in [3.8, 4) is 5.75 Å². The van der Waals surface area contributed by atoms with E-state index in [1.165, 1.54) is 10.8 Å². The third kappa shape index (κ3) is 5.32. The van der Waals surface area contributed by atoms with Gasteiger partial charge in [-0.05, 0) is 46.2 Å². The molecule has 0 saturated heterocycles. The molecule has 4 aromatic carbocycles. The van der Waals surface area contributed by atoms with Crippen LogP contribution >= 0.6 is 23.2 Å². The van der Waals surface area contributed by atoms with Gasteiger partial charge < -0.3 is 10.1 Å². The average molecular weight is 502 g/mol. The molecule has 174 valence electrons. The van der Waals surface area contributed by atoms with Crippen molar-refractivity contribution in [1.82, 2.24) is 9.78 Å². The van der Waals surface area contributed by atoms with E-state index in [1.807, 2.05) is 41.2 Å². The van der Waals surface area contributed by atoms with Gasteiger partial charge in [0.05, 0.1) is 23.5 Å². The second kappa shape index (κ2) is 10.2. The van der Waals surface area contributed by atoms with Crippen LogP contribution in [0.15, 0.2) is 97.3 Å². The zero-order chi connectivity index (χ0) is 24.2. The summed E-state index contributed by atoms with van der Waals surface area (Å²) in [6.07, 6.45) is 3.48. The summed E-state index contributed by atoms with van der Waals surface area (Å²) < 4.78 is 7.60. The smallest absolute Gasteiger partial charge is 0.255 e. The summed E-state index contributed by atoms with van der Waals surface area (Å²) in [5.41, 5.74) is 3.14. The fourth-order valence-electron chi connectivity index (χ4n) is 3.88. The quantitative estimate of drug-likeness (QED) is 0.256. The van der Waals surface area contributed by atoms with Crippen molar-refractivity contribution in [3.05, 3.63) is 124 Å². The van der Waals surface area contributed by atoms with Crippen molar-refractivity contribution in [2.75, 3.05) is 5.32 Å². The van der Waals surface area contributed by atoms with Crippen molar-refractivity contribution in [1.29, 1.82) is 0 Å². The van der Waals surface area contributed by atoms with Gasteiger partial charge in [0, 0.05) is 11.8 Å². The van der Waals surface area contributed by atoms with Gasteiger partial charge in [0.15, 0.2) is 0 Å². The van der Waals surface area contributed by atoms with Gasteiger partial charge in [-0.15, -0.1) is 0 Å². The molecular formula is C28H21Cl2N3O2. The summed E-state index contributed by atoms with van der Waals surface area (Å²) in [6.45, 7) is 0.861. The van der Waals surface area contributed by atoms with E-state index in [1.54, 1.807) is 36.5 Å². The predicted molar refractivity (Wildman–Crippen MR) is 140 cm³/mol. The van der Waals surface area contributed by atoms with Crippen molar-refractivity contribution < 1.29 is 9.53 Å². The van der Waals surface area contributed by atoms with Gasteiger partial charge in [-0.2, -0.15) is 5.10 Å². The molecule has 1 N–H and O–H groups in total. The molecule has 5 rings (SSSR count). The Labute approximate surface area is 212 Å². The summed E-state index contributed by atoms with van der Waals surface area (Å²) in [5.74, 6) is 0.268. The number of ether oxygens (including phenoxy) is 1. The second-order valence-electron chi connectivity index (χ2n) is 8.06. The summed E-state index contributed by atoms with van der Waals surface area (Å²) >= 11 is 12.2. The number of amides is 1. The lowest BCUT2D eigenvalue weighted by Gasteiger charge is -2.10. The molecule has 0 saturated carbocycles. The molecule has 0 bridgehead atoms. The minimum absolute atomic E-state index is 0.225. The van der Waals surface area contributed by atoms with Gasteiger partial charge in [0.25, 0.3) is 5.91 Å². The maximum Gasteiger partial charge on any atom is 0.255 e. The Morgan fingerprint density at radius 1 is 0.943 bits per heavy atom. The first-order valence-corrected chi connectivity index (χ1v) is 11.8. The van der Waals surface area contributed by atoms with Crippen molar-refractivity contribution in [3.63, 3.8) is 0 Å². The monoisotopic (exact) mass is 501 g/mol. The molecule has 1 amide bonds. The molecule has 1 aromatic heterocycles. The first kappa shape index (κ1) is 23.0. The molecular weight excluding hydrogens is 481 g/mol. The van der Waals surface area contributed by atoms with Gasteiger partial charge in [0.1, 0.15) is 17.4 Å². The lowest BCUT2D eigenvalue weighted by Crippen LogP contribution is -2.12. The minimum Gasteiger partial charge on any atom is -0.487 e. The Hall–Kier alpha value is -3.80. The number of carbonyl (C=O) groups excluding carboxylic acids is 1. The number of carbonyl (C=O) groups is 1. The van der Waals surface area contributed by atoms with Crippen molar-refractivity contribution >= 4 is 45.6 Å². The molecule has 0 fully saturated rings. The van der Waals surface area contributed by atoms with Gasteiger partial charge >= 0.3 is 0 Å². The Morgan fingerprint density at radius 2 is 1.74 bits per heavy atom. The summed E-state index contributed by atoms with van der Waals surface area (Å²) in [7, 11) is 0. The Balaban J connectivity index is 1.24. The molecule has 35 heavy (non-hydrogen) atoms. The van der Waals surface area contributed by atoms with E-state index >= 15 is 0 Å². The number of rotatable bonds is 7. The molecule has 0 atom stereocenters. The number of halogens is 2. The molecule has 0 unspecified atom stereocenters. The van der Waals surface area contributed by atoms with E-state index < -0.39 is 0 Å². The van der Waals surface area contributed by atoms with Crippen LogP contribution in [0.1, 0.15) is 21.5 Å². The van der Waals surface area contributed by atoms with E-state index in [0.717, 1.165) is 11.1 Å². The molecule has 0 radical (unpaired) electrons. The fourth-order valence-corrected chi connectivity index (χ4v) is 4.23. The molecule has 0 aliphatic rings. The van der Waals surface area contributed by atoms with E-state index in [4.69, 9.17) is 27.9 Å². The van der Waals surface area contributed by atoms with Crippen molar-refractivity contribution in [2.45, 2.75) is 13.2 Å². The highest BCUT2D eigenvalue weighted by atomic mass is 35.5. The Morgan fingerprint density at radius 3 is 2.66 bits per heavy atom. The molecule has 0 aliphatic heterocycles. The van der Waals surface area contributed by atoms with E-state index in [9.17, 15) is 4.79 Å². The van der Waals surface area contributed by atoms with Crippen LogP contribution in [0.2, 0.25) is 10.0 Å². The van der Waals surface area contributed by atoms with Gasteiger partial charge in [-0.25, -0.2) is 0 Å². The Bertz CT molecular complexity index is 1510. The van der Waals surface area contributed by atoms with Gasteiger partial charge in [-0.1, -0.05) is 83.9 Å². The molecule has 5 nitrogen and oxygen atoms in total. The number of benzene rings is 4. The van der Waals surface area contributed by atoms with Gasteiger partial charge in [-0.3, -0.25) is 9.48 Å². The van der Waals surface area contributed by atoms with Gasteiger partial charge in [0.2, 0.25) is 0 Å². The normalized spacial score (nSPS) is 10.9. The number of anilines is 1.